The molecule has 2 aliphatic rings. The zero-order chi connectivity index (χ0) is 31.5. The molecule has 3 heteroatoms. The number of fused-ring (bicyclic) bond motifs is 6. The maximum Gasteiger partial charge on any atom is 0.227 e. The molecule has 1 aromatic heterocycles. The van der Waals surface area contributed by atoms with Crippen LogP contribution in [-0.4, -0.2) is 4.98 Å². The van der Waals surface area contributed by atoms with Crippen molar-refractivity contribution in [2.24, 2.45) is 0 Å². The Labute approximate surface area is 275 Å². The Bertz CT molecular complexity index is 2380. The smallest absolute Gasteiger partial charge is 0.227 e. The number of aromatic nitrogens is 1. The first-order chi connectivity index (χ1) is 23.1. The van der Waals surface area contributed by atoms with Gasteiger partial charge in [-0.1, -0.05) is 111 Å². The normalized spacial score (nSPS) is 14.9. The number of oxazole rings is 1. The van der Waals surface area contributed by atoms with E-state index in [-0.39, 0.29) is 5.41 Å². The summed E-state index contributed by atoms with van der Waals surface area (Å²) in [6.07, 6.45) is 6.55. The minimum Gasteiger partial charge on any atom is -0.435 e. The molecule has 0 amide bonds. The summed E-state index contributed by atoms with van der Waals surface area (Å²) in [7, 11) is 0. The van der Waals surface area contributed by atoms with E-state index in [1.165, 1.54) is 44.8 Å². The number of rotatable bonds is 5. The highest BCUT2D eigenvalue weighted by molar-refractivity contribution is 6.05. The number of allylic oxidation sites excluding steroid dienone is 4. The van der Waals surface area contributed by atoms with Crippen LogP contribution >= 0.6 is 0 Å². The van der Waals surface area contributed by atoms with Gasteiger partial charge in [-0.15, -0.1) is 0 Å². The molecule has 1 heterocycles. The SMILES string of the molecule is CC1(C)c2ccccc2-c2cc(N(C3=C(c4ccccc4)C=CCC3)c3ccc4c(ccc5nc(-c6ccccc6)oc54)c3)ccc21. The summed E-state index contributed by atoms with van der Waals surface area (Å²) < 4.78 is 6.40. The lowest BCUT2D eigenvalue weighted by Crippen LogP contribution is -2.20. The Kier molecular flexibility index (Phi) is 6.29. The second kappa shape index (κ2) is 10.7. The van der Waals surface area contributed by atoms with E-state index in [9.17, 15) is 0 Å². The van der Waals surface area contributed by atoms with Gasteiger partial charge in [0.15, 0.2) is 5.58 Å². The number of hydrogen-bond donors (Lipinski definition) is 0. The average molecular weight is 607 g/mol. The van der Waals surface area contributed by atoms with E-state index in [0.717, 1.165) is 46.0 Å². The first-order valence-electron chi connectivity index (χ1n) is 16.4. The van der Waals surface area contributed by atoms with Gasteiger partial charge in [-0.2, -0.15) is 0 Å². The Morgan fingerprint density at radius 1 is 0.660 bits per heavy atom. The van der Waals surface area contributed by atoms with Crippen LogP contribution in [0.4, 0.5) is 11.4 Å². The Morgan fingerprint density at radius 2 is 1.36 bits per heavy atom. The van der Waals surface area contributed by atoms with Crippen LogP contribution in [0.15, 0.2) is 156 Å². The van der Waals surface area contributed by atoms with E-state index in [0.29, 0.717) is 5.89 Å². The van der Waals surface area contributed by atoms with Crippen molar-refractivity contribution in [3.63, 3.8) is 0 Å². The van der Waals surface area contributed by atoms with Crippen LogP contribution in [0.2, 0.25) is 0 Å². The third kappa shape index (κ3) is 4.45. The second-order valence-electron chi connectivity index (χ2n) is 13.1. The fourth-order valence-corrected chi connectivity index (χ4v) is 7.62. The van der Waals surface area contributed by atoms with Crippen LogP contribution < -0.4 is 4.90 Å². The van der Waals surface area contributed by atoms with Crippen LogP contribution in [-0.2, 0) is 5.41 Å². The first kappa shape index (κ1) is 27.6. The molecule has 0 radical (unpaired) electrons. The van der Waals surface area contributed by atoms with Gasteiger partial charge < -0.3 is 9.32 Å². The van der Waals surface area contributed by atoms with Crippen molar-refractivity contribution in [1.82, 2.24) is 4.98 Å². The summed E-state index contributed by atoms with van der Waals surface area (Å²) in [6, 6.07) is 47.8. The third-order valence-electron chi connectivity index (χ3n) is 9.96. The summed E-state index contributed by atoms with van der Waals surface area (Å²) in [5, 5.41) is 2.18. The molecule has 226 valence electrons. The molecular formula is C44H34N2O. The predicted octanol–water partition coefficient (Wildman–Crippen LogP) is 11.9. The number of benzene rings is 6. The van der Waals surface area contributed by atoms with E-state index >= 15 is 0 Å². The fourth-order valence-electron chi connectivity index (χ4n) is 7.62. The van der Waals surface area contributed by atoms with Crippen LogP contribution in [0.1, 0.15) is 43.4 Å². The topological polar surface area (TPSA) is 29.3 Å². The molecule has 0 saturated heterocycles. The van der Waals surface area contributed by atoms with Gasteiger partial charge in [-0.05, 0) is 94.6 Å². The van der Waals surface area contributed by atoms with Crippen LogP contribution in [0.25, 0.3) is 50.0 Å². The van der Waals surface area contributed by atoms with Crippen LogP contribution in [0, 0.1) is 0 Å². The summed E-state index contributed by atoms with van der Waals surface area (Å²) in [6.45, 7) is 4.68. The molecule has 0 aliphatic heterocycles. The van der Waals surface area contributed by atoms with Gasteiger partial charge in [-0.25, -0.2) is 4.98 Å². The largest absolute Gasteiger partial charge is 0.435 e. The summed E-state index contributed by atoms with van der Waals surface area (Å²) >= 11 is 0. The molecule has 0 unspecified atom stereocenters. The molecule has 2 aliphatic carbocycles. The molecular weight excluding hydrogens is 572 g/mol. The van der Waals surface area contributed by atoms with E-state index in [2.05, 4.69) is 134 Å². The molecule has 7 aromatic rings. The van der Waals surface area contributed by atoms with Gasteiger partial charge in [0.25, 0.3) is 0 Å². The fraction of sp³-hybridized carbons (Fsp3) is 0.114. The van der Waals surface area contributed by atoms with Crippen molar-refractivity contribution in [3.8, 4) is 22.6 Å². The lowest BCUT2D eigenvalue weighted by Gasteiger charge is -2.32. The Balaban J connectivity index is 1.25. The van der Waals surface area contributed by atoms with E-state index < -0.39 is 0 Å². The molecule has 0 N–H and O–H groups in total. The molecule has 0 bridgehead atoms. The first-order valence-corrected chi connectivity index (χ1v) is 16.4. The van der Waals surface area contributed by atoms with Crippen LogP contribution in [0.5, 0.6) is 0 Å². The molecule has 0 saturated carbocycles. The van der Waals surface area contributed by atoms with Gasteiger partial charge in [0.1, 0.15) is 5.52 Å². The van der Waals surface area contributed by atoms with E-state index in [4.69, 9.17) is 9.40 Å². The molecule has 3 nitrogen and oxygen atoms in total. The number of nitrogens with zero attached hydrogens (tertiary/aromatic N) is 2. The monoisotopic (exact) mass is 606 g/mol. The van der Waals surface area contributed by atoms with Crippen molar-refractivity contribution in [2.75, 3.05) is 4.90 Å². The summed E-state index contributed by atoms with van der Waals surface area (Å²) in [5.74, 6) is 0.645. The standard InChI is InChI=1S/C44H34N2O/c1-44(2)38-19-11-9-18-36(38)37-28-33(23-25-39(37)44)46(41-20-12-10-17-34(41)29-13-5-3-6-14-29)32-22-24-35-31(27-32)21-26-40-42(35)47-43(45-40)30-15-7-4-8-16-30/h3-11,13-19,21-28H,12,20H2,1-2H3. The maximum absolute atomic E-state index is 6.40. The van der Waals surface area contributed by atoms with Gasteiger partial charge in [0.2, 0.25) is 5.89 Å². The van der Waals surface area contributed by atoms with Crippen LogP contribution in [0.3, 0.4) is 0 Å². The average Bonchev–Trinajstić information content (AvgIpc) is 3.66. The van der Waals surface area contributed by atoms with E-state index in [1.807, 2.05) is 30.3 Å². The lowest BCUT2D eigenvalue weighted by molar-refractivity contribution is 0.623. The molecule has 0 atom stereocenters. The van der Waals surface area contributed by atoms with Gasteiger partial charge in [-0.3, -0.25) is 0 Å². The highest BCUT2D eigenvalue weighted by Crippen LogP contribution is 2.51. The Morgan fingerprint density at radius 3 is 2.19 bits per heavy atom. The van der Waals surface area contributed by atoms with Crippen molar-refractivity contribution in [2.45, 2.75) is 32.1 Å². The maximum atomic E-state index is 6.40. The second-order valence-corrected chi connectivity index (χ2v) is 13.1. The zero-order valence-corrected chi connectivity index (χ0v) is 26.6. The van der Waals surface area contributed by atoms with Gasteiger partial charge in [0, 0.05) is 39.0 Å². The van der Waals surface area contributed by atoms with Gasteiger partial charge >= 0.3 is 0 Å². The summed E-state index contributed by atoms with van der Waals surface area (Å²) in [4.78, 5) is 7.31. The van der Waals surface area contributed by atoms with E-state index in [1.54, 1.807) is 0 Å². The summed E-state index contributed by atoms with van der Waals surface area (Å²) in [5.41, 5.74) is 14.1. The molecule has 0 spiro atoms. The Hall–Kier alpha value is -5.67. The third-order valence-corrected chi connectivity index (χ3v) is 9.96. The minimum atomic E-state index is -0.0403. The quantitative estimate of drug-likeness (QED) is 0.195. The zero-order valence-electron chi connectivity index (χ0n) is 26.6. The van der Waals surface area contributed by atoms with Crippen molar-refractivity contribution < 1.29 is 4.42 Å². The van der Waals surface area contributed by atoms with Crippen molar-refractivity contribution in [3.05, 3.63) is 168 Å². The van der Waals surface area contributed by atoms with Crippen molar-refractivity contribution in [1.29, 1.82) is 0 Å². The number of anilines is 2. The molecule has 47 heavy (non-hydrogen) atoms. The van der Waals surface area contributed by atoms with Gasteiger partial charge in [0.05, 0.1) is 0 Å². The highest BCUT2D eigenvalue weighted by Gasteiger charge is 2.35. The molecule has 0 fully saturated rings. The minimum absolute atomic E-state index is 0.0403. The van der Waals surface area contributed by atoms with Crippen molar-refractivity contribution >= 4 is 38.8 Å². The molecule has 9 rings (SSSR count). The predicted molar refractivity (Wildman–Crippen MR) is 195 cm³/mol. The number of hydrogen-bond acceptors (Lipinski definition) is 3. The molecule has 6 aromatic carbocycles. The highest BCUT2D eigenvalue weighted by atomic mass is 16.3. The lowest BCUT2D eigenvalue weighted by atomic mass is 9.82.